The van der Waals surface area contributed by atoms with Gasteiger partial charge in [0.05, 0.1) is 12.3 Å². The molecule has 0 aliphatic rings. The first kappa shape index (κ1) is 12.5. The Morgan fingerprint density at radius 2 is 1.94 bits per heavy atom. The van der Waals surface area contributed by atoms with Crippen LogP contribution < -0.4 is 5.73 Å². The highest BCUT2D eigenvalue weighted by atomic mass is 35.5. The molecule has 4 nitrogen and oxygen atoms in total. The molecule has 0 atom stereocenters. The first-order valence-corrected chi connectivity index (χ1v) is 5.27. The molecular formula is C11H14ClN3O. The monoisotopic (exact) mass is 239 g/mol. The van der Waals surface area contributed by atoms with Crippen LogP contribution in [0, 0.1) is 0 Å². The summed E-state index contributed by atoms with van der Waals surface area (Å²) < 4.78 is 4.95. The van der Waals surface area contributed by atoms with Crippen molar-refractivity contribution in [1.82, 2.24) is 0 Å². The molecule has 1 aromatic carbocycles. The van der Waals surface area contributed by atoms with Crippen molar-refractivity contribution in [2.75, 3.05) is 6.61 Å². The van der Waals surface area contributed by atoms with Gasteiger partial charge in [-0.05, 0) is 31.5 Å². The summed E-state index contributed by atoms with van der Waals surface area (Å²) in [5.41, 5.74) is 7.13. The van der Waals surface area contributed by atoms with E-state index >= 15 is 0 Å². The summed E-state index contributed by atoms with van der Waals surface area (Å²) in [6.45, 7) is 4.15. The lowest BCUT2D eigenvalue weighted by atomic mass is 10.1. The molecule has 16 heavy (non-hydrogen) atoms. The van der Waals surface area contributed by atoms with Gasteiger partial charge in [0.2, 0.25) is 0 Å². The lowest BCUT2D eigenvalue weighted by molar-refractivity contribution is 0.320. The lowest BCUT2D eigenvalue weighted by Gasteiger charge is -2.00. The molecule has 5 heteroatoms. The average molecular weight is 240 g/mol. The minimum absolute atomic E-state index is 0.0656. The highest BCUT2D eigenvalue weighted by molar-refractivity contribution is 6.30. The number of benzene rings is 1. The highest BCUT2D eigenvalue weighted by Gasteiger charge is 1.97. The van der Waals surface area contributed by atoms with Crippen LogP contribution in [0.25, 0.3) is 0 Å². The van der Waals surface area contributed by atoms with Gasteiger partial charge in [-0.15, -0.1) is 0 Å². The lowest BCUT2D eigenvalue weighted by Crippen LogP contribution is -2.15. The SMILES string of the molecule is CCOC(N)=N/N=C(/C)c1ccc(Cl)cc1. The van der Waals surface area contributed by atoms with E-state index in [4.69, 9.17) is 22.1 Å². The van der Waals surface area contributed by atoms with Crippen LogP contribution in [0.5, 0.6) is 0 Å². The van der Waals surface area contributed by atoms with Gasteiger partial charge >= 0.3 is 6.02 Å². The topological polar surface area (TPSA) is 60.0 Å². The number of hydrogen-bond acceptors (Lipinski definition) is 3. The molecule has 0 fully saturated rings. The summed E-state index contributed by atoms with van der Waals surface area (Å²) in [6.07, 6.45) is 0. The Balaban J connectivity index is 2.77. The molecule has 86 valence electrons. The number of halogens is 1. The highest BCUT2D eigenvalue weighted by Crippen LogP contribution is 2.10. The molecule has 0 aliphatic heterocycles. The Labute approximate surface area is 99.8 Å². The minimum Gasteiger partial charge on any atom is -0.464 e. The predicted molar refractivity (Wildman–Crippen MR) is 66.9 cm³/mol. The van der Waals surface area contributed by atoms with Gasteiger partial charge in [-0.2, -0.15) is 5.10 Å². The van der Waals surface area contributed by atoms with Gasteiger partial charge in [0.15, 0.2) is 0 Å². The number of rotatable bonds is 3. The van der Waals surface area contributed by atoms with Gasteiger partial charge in [-0.25, -0.2) is 0 Å². The molecule has 1 aromatic rings. The van der Waals surface area contributed by atoms with Crippen molar-refractivity contribution in [2.45, 2.75) is 13.8 Å². The predicted octanol–water partition coefficient (Wildman–Crippen LogP) is 2.42. The number of nitrogens with two attached hydrogens (primary N) is 1. The number of amidine groups is 1. The minimum atomic E-state index is 0.0656. The van der Waals surface area contributed by atoms with E-state index in [1.54, 1.807) is 12.1 Å². The van der Waals surface area contributed by atoms with E-state index in [1.165, 1.54) is 0 Å². The Bertz CT molecular complexity index is 398. The zero-order chi connectivity index (χ0) is 12.0. The molecular weight excluding hydrogens is 226 g/mol. The molecule has 0 unspecified atom stereocenters. The van der Waals surface area contributed by atoms with E-state index in [0.29, 0.717) is 11.6 Å². The molecule has 0 saturated carbocycles. The van der Waals surface area contributed by atoms with Crippen LogP contribution in [0.2, 0.25) is 5.02 Å². The smallest absolute Gasteiger partial charge is 0.305 e. The fourth-order valence-corrected chi connectivity index (χ4v) is 1.18. The van der Waals surface area contributed by atoms with Crippen LogP contribution in [0.4, 0.5) is 0 Å². The van der Waals surface area contributed by atoms with Gasteiger partial charge in [0, 0.05) is 5.02 Å². The van der Waals surface area contributed by atoms with Crippen molar-refractivity contribution in [1.29, 1.82) is 0 Å². The van der Waals surface area contributed by atoms with E-state index in [9.17, 15) is 0 Å². The molecule has 0 bridgehead atoms. The third-order valence-corrected chi connectivity index (χ3v) is 2.10. The molecule has 0 aromatic heterocycles. The molecule has 1 rings (SSSR count). The quantitative estimate of drug-likeness (QED) is 0.500. The van der Waals surface area contributed by atoms with E-state index in [2.05, 4.69) is 10.2 Å². The summed E-state index contributed by atoms with van der Waals surface area (Å²) >= 11 is 5.78. The molecule has 0 heterocycles. The summed E-state index contributed by atoms with van der Waals surface area (Å²) in [5.74, 6) is 0. The Hall–Kier alpha value is -1.55. The number of nitrogens with zero attached hydrogens (tertiary/aromatic N) is 2. The fraction of sp³-hybridized carbons (Fsp3) is 0.273. The van der Waals surface area contributed by atoms with Crippen LogP contribution in [0.3, 0.4) is 0 Å². The van der Waals surface area contributed by atoms with Gasteiger partial charge in [-0.1, -0.05) is 28.8 Å². The van der Waals surface area contributed by atoms with E-state index in [-0.39, 0.29) is 6.02 Å². The van der Waals surface area contributed by atoms with Crippen molar-refractivity contribution < 1.29 is 4.74 Å². The van der Waals surface area contributed by atoms with Crippen molar-refractivity contribution >= 4 is 23.3 Å². The first-order chi connectivity index (χ1) is 7.63. The van der Waals surface area contributed by atoms with E-state index in [0.717, 1.165) is 11.3 Å². The van der Waals surface area contributed by atoms with E-state index < -0.39 is 0 Å². The normalized spacial score (nSPS) is 12.7. The number of hydrogen-bond donors (Lipinski definition) is 1. The third-order valence-electron chi connectivity index (χ3n) is 1.85. The van der Waals surface area contributed by atoms with Crippen LogP contribution in [0.15, 0.2) is 34.5 Å². The molecule has 0 amide bonds. The van der Waals surface area contributed by atoms with Gasteiger partial charge in [-0.3, -0.25) is 0 Å². The Morgan fingerprint density at radius 3 is 2.50 bits per heavy atom. The molecule has 0 saturated heterocycles. The largest absolute Gasteiger partial charge is 0.464 e. The molecule has 2 N–H and O–H groups in total. The van der Waals surface area contributed by atoms with Crippen molar-refractivity contribution in [3.8, 4) is 0 Å². The second-order valence-corrected chi connectivity index (χ2v) is 3.50. The van der Waals surface area contributed by atoms with Crippen molar-refractivity contribution in [2.24, 2.45) is 15.9 Å². The van der Waals surface area contributed by atoms with E-state index in [1.807, 2.05) is 26.0 Å². The second kappa shape index (κ2) is 6.12. The van der Waals surface area contributed by atoms with Crippen LogP contribution in [-0.4, -0.2) is 18.3 Å². The maximum atomic E-state index is 5.78. The van der Waals surface area contributed by atoms with Crippen molar-refractivity contribution in [3.05, 3.63) is 34.9 Å². The Kier molecular flexibility index (Phi) is 4.79. The van der Waals surface area contributed by atoms with Crippen LogP contribution >= 0.6 is 11.6 Å². The molecule has 0 radical (unpaired) electrons. The first-order valence-electron chi connectivity index (χ1n) is 4.90. The zero-order valence-corrected chi connectivity index (χ0v) is 10.0. The third kappa shape index (κ3) is 3.90. The molecule has 0 spiro atoms. The average Bonchev–Trinajstić information content (AvgIpc) is 2.27. The maximum Gasteiger partial charge on any atom is 0.305 e. The van der Waals surface area contributed by atoms with Gasteiger partial charge in [0.1, 0.15) is 0 Å². The van der Waals surface area contributed by atoms with Crippen LogP contribution in [-0.2, 0) is 4.74 Å². The number of ether oxygens (including phenoxy) is 1. The maximum absolute atomic E-state index is 5.78. The van der Waals surface area contributed by atoms with Gasteiger partial charge < -0.3 is 10.5 Å². The zero-order valence-electron chi connectivity index (χ0n) is 9.27. The summed E-state index contributed by atoms with van der Waals surface area (Å²) in [6, 6.07) is 7.40. The fourth-order valence-electron chi connectivity index (χ4n) is 1.05. The molecule has 0 aliphatic carbocycles. The standard InChI is InChI=1S/C11H14ClN3O/c1-3-16-11(13)15-14-8(2)9-4-6-10(12)7-5-9/h4-7H,3H2,1-2H3,(H2,13,15)/b14-8-. The Morgan fingerprint density at radius 1 is 1.31 bits per heavy atom. The van der Waals surface area contributed by atoms with Crippen molar-refractivity contribution in [3.63, 3.8) is 0 Å². The van der Waals surface area contributed by atoms with Crippen LogP contribution in [0.1, 0.15) is 19.4 Å². The summed E-state index contributed by atoms with van der Waals surface area (Å²) in [7, 11) is 0. The summed E-state index contributed by atoms with van der Waals surface area (Å²) in [4.78, 5) is 0. The van der Waals surface area contributed by atoms with Gasteiger partial charge in [0.25, 0.3) is 0 Å². The summed E-state index contributed by atoms with van der Waals surface area (Å²) in [5, 5.41) is 8.38. The second-order valence-electron chi connectivity index (χ2n) is 3.06.